The Balaban J connectivity index is 1.64. The maximum absolute atomic E-state index is 13.3. The third-order valence-electron chi connectivity index (χ3n) is 18.7. The van der Waals surface area contributed by atoms with Crippen molar-refractivity contribution in [3.8, 4) is 0 Å². The summed E-state index contributed by atoms with van der Waals surface area (Å²) in [6.07, 6.45) is 55.7. The van der Waals surface area contributed by atoms with Crippen LogP contribution in [0.25, 0.3) is 0 Å². The predicted octanol–water partition coefficient (Wildman–Crippen LogP) is 15.7. The predicted molar refractivity (Wildman–Crippen MR) is 355 cm³/mol. The van der Waals surface area contributed by atoms with Crippen molar-refractivity contribution in [3.05, 3.63) is 12.2 Å². The normalized spacial score (nSPS) is 23.2. The highest BCUT2D eigenvalue weighted by molar-refractivity contribution is 5.76. The van der Waals surface area contributed by atoms with Crippen LogP contribution < -0.4 is 5.32 Å². The fourth-order valence-electron chi connectivity index (χ4n) is 12.8. The molecule has 2 saturated heterocycles. The van der Waals surface area contributed by atoms with Crippen LogP contribution in [0.4, 0.5) is 0 Å². The molecule has 2 aliphatic rings. The van der Waals surface area contributed by atoms with Crippen molar-refractivity contribution in [2.75, 3.05) is 19.8 Å². The first kappa shape index (κ1) is 81.8. The van der Waals surface area contributed by atoms with Gasteiger partial charge in [-0.2, -0.15) is 0 Å². The zero-order valence-electron chi connectivity index (χ0n) is 56.3. The van der Waals surface area contributed by atoms with Crippen LogP contribution in [0.5, 0.6) is 0 Å². The lowest BCUT2D eigenvalue weighted by molar-refractivity contribution is -0.359. The quantitative estimate of drug-likeness (QED) is 0.0204. The Kier molecular flexibility index (Phi) is 55.1. The first-order valence-electron chi connectivity index (χ1n) is 37.4. The van der Waals surface area contributed by atoms with Crippen molar-refractivity contribution in [1.29, 1.82) is 0 Å². The number of amides is 1. The monoisotopic (exact) mass is 1240 g/mol. The van der Waals surface area contributed by atoms with Gasteiger partial charge in [-0.15, -0.1) is 0 Å². The minimum Gasteiger partial charge on any atom is -0.394 e. The Morgan fingerprint density at radius 3 is 1.06 bits per heavy atom. The Morgan fingerprint density at radius 2 is 0.713 bits per heavy atom. The minimum absolute atomic E-state index is 0.230. The van der Waals surface area contributed by atoms with Crippen molar-refractivity contribution in [1.82, 2.24) is 5.32 Å². The summed E-state index contributed by atoms with van der Waals surface area (Å²) in [7, 11) is 0. The molecule has 14 nitrogen and oxygen atoms in total. The van der Waals surface area contributed by atoms with Crippen molar-refractivity contribution in [3.63, 3.8) is 0 Å². The number of aliphatic hydroxyl groups is 8. The molecule has 12 unspecified atom stereocenters. The lowest BCUT2D eigenvalue weighted by Gasteiger charge is -2.46. The molecular formula is C73H141NO13. The van der Waals surface area contributed by atoms with Gasteiger partial charge in [0.05, 0.1) is 32.0 Å². The maximum Gasteiger partial charge on any atom is 0.220 e. The van der Waals surface area contributed by atoms with Gasteiger partial charge in [0.2, 0.25) is 5.91 Å². The summed E-state index contributed by atoms with van der Waals surface area (Å²) in [4.78, 5) is 13.3. The zero-order chi connectivity index (χ0) is 63.1. The van der Waals surface area contributed by atoms with Crippen LogP contribution in [0.15, 0.2) is 12.2 Å². The first-order valence-corrected chi connectivity index (χ1v) is 37.4. The van der Waals surface area contributed by atoms with Crippen LogP contribution in [-0.4, -0.2) is 140 Å². The molecular weight excluding hydrogens is 1100 g/mol. The highest BCUT2D eigenvalue weighted by atomic mass is 16.7. The number of aliphatic hydroxyl groups excluding tert-OH is 8. The second-order valence-corrected chi connectivity index (χ2v) is 26.8. The number of carbonyl (C=O) groups excluding carboxylic acids is 1. The summed E-state index contributed by atoms with van der Waals surface area (Å²) in [6, 6.07) is -0.911. The standard InChI is InChI=1S/C73H141NO13/c1-3-5-7-9-11-13-15-17-19-21-23-25-27-28-29-30-31-32-33-34-35-36-38-40-42-44-46-48-50-52-54-56-62(77)61(60-84-72-70(83)68(81)71(64(59-76)86-72)87-73-69(82)67(80)66(79)63(58-75)85-73)74-65(78)57-55-53-51-49-47-45-43-41-39-37-26-24-22-20-18-16-14-12-10-8-6-4-2/h54,56,61-64,66-73,75-77,79-83H,3-53,55,57-60H2,1-2H3,(H,74,78)/b56-54+. The molecule has 2 aliphatic heterocycles. The van der Waals surface area contributed by atoms with E-state index in [1.54, 1.807) is 6.08 Å². The Bertz CT molecular complexity index is 1510. The van der Waals surface area contributed by atoms with Gasteiger partial charge < -0.3 is 65.1 Å². The molecule has 0 spiro atoms. The van der Waals surface area contributed by atoms with E-state index in [2.05, 4.69) is 19.2 Å². The molecule has 2 heterocycles. The number of nitrogens with one attached hydrogen (secondary N) is 1. The summed E-state index contributed by atoms with van der Waals surface area (Å²) in [5, 5.41) is 87.5. The molecule has 2 rings (SSSR count). The molecule has 0 aromatic carbocycles. The van der Waals surface area contributed by atoms with Gasteiger partial charge in [-0.3, -0.25) is 4.79 Å². The van der Waals surface area contributed by atoms with Crippen molar-refractivity contribution in [2.24, 2.45) is 0 Å². The smallest absolute Gasteiger partial charge is 0.220 e. The molecule has 87 heavy (non-hydrogen) atoms. The van der Waals surface area contributed by atoms with E-state index in [-0.39, 0.29) is 18.9 Å². The number of hydrogen-bond donors (Lipinski definition) is 9. The van der Waals surface area contributed by atoms with Gasteiger partial charge in [-0.1, -0.05) is 341 Å². The summed E-state index contributed by atoms with van der Waals surface area (Å²) in [6.45, 7) is 2.87. The zero-order valence-corrected chi connectivity index (χ0v) is 56.3. The molecule has 14 heteroatoms. The van der Waals surface area contributed by atoms with E-state index in [0.717, 1.165) is 38.5 Å². The molecule has 0 aromatic rings. The third kappa shape index (κ3) is 42.6. The SMILES string of the molecule is CCCCCCCCCCCCCCCCCCCCCCCCCCCCCCC/C=C/C(O)C(COC1OC(CO)C(OC2OC(CO)C(O)C(O)C2O)C(O)C1O)NC(=O)CCCCCCCCCCCCCCCCCCCCCCCC. The second-order valence-electron chi connectivity index (χ2n) is 26.8. The van der Waals surface area contributed by atoms with E-state index in [1.165, 1.54) is 289 Å². The summed E-state index contributed by atoms with van der Waals surface area (Å²) in [5.41, 5.74) is 0. The Morgan fingerprint density at radius 1 is 0.402 bits per heavy atom. The lowest BCUT2D eigenvalue weighted by atomic mass is 9.97. The van der Waals surface area contributed by atoms with Crippen molar-refractivity contribution >= 4 is 5.91 Å². The number of unbranched alkanes of at least 4 members (excludes halogenated alkanes) is 50. The number of carbonyl (C=O) groups is 1. The summed E-state index contributed by atoms with van der Waals surface area (Å²) >= 11 is 0. The van der Waals surface area contributed by atoms with Crippen LogP contribution in [-0.2, 0) is 23.7 Å². The average Bonchev–Trinajstić information content (AvgIpc) is 2.33. The molecule has 0 bridgehead atoms. The summed E-state index contributed by atoms with van der Waals surface area (Å²) in [5.74, 6) is -0.230. The van der Waals surface area contributed by atoms with Gasteiger partial charge in [0.25, 0.3) is 0 Å². The number of allylic oxidation sites excluding steroid dienone is 1. The van der Waals surface area contributed by atoms with Crippen LogP contribution in [0.3, 0.4) is 0 Å². The molecule has 0 aromatic heterocycles. The van der Waals surface area contributed by atoms with Crippen LogP contribution in [0.1, 0.15) is 354 Å². The molecule has 9 N–H and O–H groups in total. The van der Waals surface area contributed by atoms with Gasteiger partial charge >= 0.3 is 0 Å². The van der Waals surface area contributed by atoms with Gasteiger partial charge in [-0.05, 0) is 19.3 Å². The fourth-order valence-corrected chi connectivity index (χ4v) is 12.8. The Labute approximate surface area is 533 Å². The van der Waals surface area contributed by atoms with Gasteiger partial charge in [0.1, 0.15) is 48.8 Å². The largest absolute Gasteiger partial charge is 0.394 e. The van der Waals surface area contributed by atoms with E-state index >= 15 is 0 Å². The molecule has 0 radical (unpaired) electrons. The molecule has 516 valence electrons. The van der Waals surface area contributed by atoms with E-state index in [0.29, 0.717) is 6.42 Å². The van der Waals surface area contributed by atoms with Crippen molar-refractivity contribution in [2.45, 2.75) is 428 Å². The topological polar surface area (TPSA) is 228 Å². The maximum atomic E-state index is 13.3. The highest BCUT2D eigenvalue weighted by Gasteiger charge is 2.51. The van der Waals surface area contributed by atoms with Crippen LogP contribution in [0, 0.1) is 0 Å². The van der Waals surface area contributed by atoms with E-state index in [9.17, 15) is 45.6 Å². The highest BCUT2D eigenvalue weighted by Crippen LogP contribution is 2.30. The average molecular weight is 1240 g/mol. The third-order valence-corrected chi connectivity index (χ3v) is 18.7. The minimum atomic E-state index is -1.79. The van der Waals surface area contributed by atoms with Crippen LogP contribution in [0.2, 0.25) is 0 Å². The van der Waals surface area contributed by atoms with E-state index < -0.39 is 86.8 Å². The lowest BCUT2D eigenvalue weighted by Crippen LogP contribution is -2.65. The molecule has 12 atom stereocenters. The van der Waals surface area contributed by atoms with Crippen molar-refractivity contribution < 1.29 is 64.6 Å². The number of rotatable bonds is 63. The van der Waals surface area contributed by atoms with E-state index in [1.807, 2.05) is 6.08 Å². The van der Waals surface area contributed by atoms with Gasteiger partial charge in [0.15, 0.2) is 12.6 Å². The molecule has 0 saturated carbocycles. The molecule has 1 amide bonds. The second kappa shape index (κ2) is 58.5. The molecule has 2 fully saturated rings. The van der Waals surface area contributed by atoms with E-state index in [4.69, 9.17) is 18.9 Å². The van der Waals surface area contributed by atoms with Crippen LogP contribution >= 0.6 is 0 Å². The van der Waals surface area contributed by atoms with Gasteiger partial charge in [-0.25, -0.2) is 0 Å². The fraction of sp³-hybridized carbons (Fsp3) is 0.959. The molecule has 0 aliphatic carbocycles. The summed E-state index contributed by atoms with van der Waals surface area (Å²) < 4.78 is 22.9. The number of hydrogen-bond acceptors (Lipinski definition) is 13. The van der Waals surface area contributed by atoms with Gasteiger partial charge in [0, 0.05) is 6.42 Å². The Hall–Kier alpha value is -1.27. The first-order chi connectivity index (χ1) is 42.6. The number of ether oxygens (including phenoxy) is 4.